The van der Waals surface area contributed by atoms with Crippen LogP contribution in [0.25, 0.3) is 32.4 Å². The molecule has 34 heavy (non-hydrogen) atoms. The van der Waals surface area contributed by atoms with E-state index in [0.717, 1.165) is 38.1 Å². The fourth-order valence-corrected chi connectivity index (χ4v) is 4.99. The van der Waals surface area contributed by atoms with Gasteiger partial charge in [0.15, 0.2) is 4.80 Å². The number of hydrogen-bond acceptors (Lipinski definition) is 4. The summed E-state index contributed by atoms with van der Waals surface area (Å²) in [5.41, 5.74) is 3.76. The van der Waals surface area contributed by atoms with E-state index in [0.29, 0.717) is 17.0 Å². The predicted octanol–water partition coefficient (Wildman–Crippen LogP) is 5.69. The van der Waals surface area contributed by atoms with Gasteiger partial charge in [0.05, 0.1) is 34.6 Å². The number of nitrogens with zero attached hydrogens (tertiary/aromatic N) is 3. The lowest BCUT2D eigenvalue weighted by Gasteiger charge is -2.08. The SMILES string of the molecule is C#CCn1c(=NC(=O)c2cc(-c3ccccc3)nc3ccccc23)sc2cccc(OCC)c21. The number of ether oxygens (including phenoxy) is 1. The van der Waals surface area contributed by atoms with Crippen LogP contribution in [0.1, 0.15) is 17.3 Å². The Bertz CT molecular complexity index is 1630. The Labute approximate surface area is 201 Å². The van der Waals surface area contributed by atoms with Gasteiger partial charge in [-0.05, 0) is 31.2 Å². The van der Waals surface area contributed by atoms with Crippen LogP contribution in [0.15, 0.2) is 83.9 Å². The number of rotatable bonds is 5. The van der Waals surface area contributed by atoms with Gasteiger partial charge in [-0.2, -0.15) is 4.99 Å². The van der Waals surface area contributed by atoms with E-state index in [1.807, 2.05) is 90.4 Å². The molecule has 0 bridgehead atoms. The lowest BCUT2D eigenvalue weighted by Crippen LogP contribution is -2.17. The fourth-order valence-electron chi connectivity index (χ4n) is 3.95. The van der Waals surface area contributed by atoms with E-state index in [2.05, 4.69) is 10.9 Å². The molecule has 0 saturated heterocycles. The molecule has 2 heterocycles. The van der Waals surface area contributed by atoms with Crippen molar-refractivity contribution >= 4 is 38.4 Å². The summed E-state index contributed by atoms with van der Waals surface area (Å²) < 4.78 is 8.64. The number of hydrogen-bond donors (Lipinski definition) is 0. The van der Waals surface area contributed by atoms with Crippen LogP contribution in [0, 0.1) is 12.3 Å². The Kier molecular flexibility index (Phi) is 5.94. The zero-order chi connectivity index (χ0) is 23.5. The van der Waals surface area contributed by atoms with Crippen LogP contribution in [0.3, 0.4) is 0 Å². The molecule has 0 fully saturated rings. The summed E-state index contributed by atoms with van der Waals surface area (Å²) in [6.45, 7) is 2.74. The van der Waals surface area contributed by atoms with Gasteiger partial charge in [-0.15, -0.1) is 6.42 Å². The first-order valence-electron chi connectivity index (χ1n) is 10.9. The van der Waals surface area contributed by atoms with Gasteiger partial charge in [0, 0.05) is 10.9 Å². The Balaban J connectivity index is 1.71. The van der Waals surface area contributed by atoms with Crippen molar-refractivity contribution < 1.29 is 9.53 Å². The van der Waals surface area contributed by atoms with Crippen LogP contribution >= 0.6 is 11.3 Å². The molecular weight excluding hydrogens is 442 g/mol. The second-order valence-corrected chi connectivity index (χ2v) is 8.58. The summed E-state index contributed by atoms with van der Waals surface area (Å²) in [5.74, 6) is 3.06. The number of amides is 1. The summed E-state index contributed by atoms with van der Waals surface area (Å²) >= 11 is 1.42. The molecular formula is C28H21N3O2S. The molecule has 0 N–H and O–H groups in total. The maximum atomic E-state index is 13.6. The third kappa shape index (κ3) is 3.98. The number of thiazole rings is 1. The van der Waals surface area contributed by atoms with Gasteiger partial charge in [0.1, 0.15) is 11.3 Å². The highest BCUT2D eigenvalue weighted by molar-refractivity contribution is 7.16. The molecule has 0 atom stereocenters. The Morgan fingerprint density at radius 2 is 1.88 bits per heavy atom. The standard InChI is InChI=1S/C28H21N3O2S/c1-3-17-31-26-24(33-4-2)15-10-16-25(26)34-28(31)30-27(32)21-18-23(19-11-6-5-7-12-19)29-22-14-9-8-13-20(21)22/h1,5-16,18H,4,17H2,2H3. The second kappa shape index (κ2) is 9.34. The van der Waals surface area contributed by atoms with Crippen molar-refractivity contribution in [3.63, 3.8) is 0 Å². The molecule has 1 amide bonds. The van der Waals surface area contributed by atoms with Gasteiger partial charge in [-0.25, -0.2) is 4.98 Å². The molecule has 3 aromatic carbocycles. The van der Waals surface area contributed by atoms with E-state index in [9.17, 15) is 4.79 Å². The Morgan fingerprint density at radius 1 is 1.09 bits per heavy atom. The van der Waals surface area contributed by atoms with Crippen molar-refractivity contribution in [3.8, 4) is 29.4 Å². The molecule has 2 aromatic heterocycles. The summed E-state index contributed by atoms with van der Waals surface area (Å²) in [6.07, 6.45) is 5.66. The highest BCUT2D eigenvalue weighted by Gasteiger charge is 2.16. The van der Waals surface area contributed by atoms with Gasteiger partial charge in [-0.3, -0.25) is 4.79 Å². The number of benzene rings is 3. The molecule has 0 spiro atoms. The van der Waals surface area contributed by atoms with Crippen LogP contribution in [0.5, 0.6) is 5.75 Å². The van der Waals surface area contributed by atoms with Crippen LogP contribution in [-0.2, 0) is 6.54 Å². The van der Waals surface area contributed by atoms with Crippen molar-refractivity contribution in [2.24, 2.45) is 4.99 Å². The van der Waals surface area contributed by atoms with Crippen LogP contribution in [-0.4, -0.2) is 22.1 Å². The maximum Gasteiger partial charge on any atom is 0.280 e. The van der Waals surface area contributed by atoms with Crippen molar-refractivity contribution in [1.82, 2.24) is 9.55 Å². The predicted molar refractivity (Wildman–Crippen MR) is 137 cm³/mol. The number of carbonyl (C=O) groups is 1. The van der Waals surface area contributed by atoms with Crippen molar-refractivity contribution in [2.75, 3.05) is 6.61 Å². The quantitative estimate of drug-likeness (QED) is 0.315. The molecule has 0 aliphatic heterocycles. The molecule has 0 saturated carbocycles. The minimum absolute atomic E-state index is 0.280. The number of aromatic nitrogens is 2. The zero-order valence-electron chi connectivity index (χ0n) is 18.6. The molecule has 5 nitrogen and oxygen atoms in total. The van der Waals surface area contributed by atoms with E-state index >= 15 is 0 Å². The maximum absolute atomic E-state index is 13.6. The van der Waals surface area contributed by atoms with Crippen molar-refractivity contribution in [1.29, 1.82) is 0 Å². The van der Waals surface area contributed by atoms with Gasteiger partial charge in [0.2, 0.25) is 0 Å². The highest BCUT2D eigenvalue weighted by Crippen LogP contribution is 2.28. The summed E-state index contributed by atoms with van der Waals surface area (Å²) in [7, 11) is 0. The van der Waals surface area contributed by atoms with Gasteiger partial charge < -0.3 is 9.30 Å². The van der Waals surface area contributed by atoms with Gasteiger partial charge in [-0.1, -0.05) is 71.9 Å². The van der Waals surface area contributed by atoms with E-state index in [4.69, 9.17) is 16.1 Å². The third-order valence-electron chi connectivity index (χ3n) is 5.43. The van der Waals surface area contributed by atoms with E-state index in [1.165, 1.54) is 11.3 Å². The number of terminal acetylenes is 1. The number of fused-ring (bicyclic) bond motifs is 2. The van der Waals surface area contributed by atoms with Crippen molar-refractivity contribution in [2.45, 2.75) is 13.5 Å². The number of pyridine rings is 1. The molecule has 0 unspecified atom stereocenters. The zero-order valence-corrected chi connectivity index (χ0v) is 19.4. The van der Waals surface area contributed by atoms with Gasteiger partial charge in [0.25, 0.3) is 5.91 Å². The van der Waals surface area contributed by atoms with Crippen LogP contribution < -0.4 is 9.54 Å². The first-order chi connectivity index (χ1) is 16.7. The van der Waals surface area contributed by atoms with Gasteiger partial charge >= 0.3 is 0 Å². The fraction of sp³-hybridized carbons (Fsp3) is 0.107. The molecule has 0 aliphatic rings. The lowest BCUT2D eigenvalue weighted by molar-refractivity contribution is 0.0999. The number of carbonyl (C=O) groups excluding carboxylic acids is 1. The molecule has 0 aliphatic carbocycles. The summed E-state index contributed by atoms with van der Waals surface area (Å²) in [6, 6.07) is 25.1. The van der Waals surface area contributed by atoms with Crippen molar-refractivity contribution in [3.05, 3.63) is 89.2 Å². The molecule has 166 valence electrons. The molecule has 0 radical (unpaired) electrons. The minimum Gasteiger partial charge on any atom is -0.492 e. The summed E-state index contributed by atoms with van der Waals surface area (Å²) in [5, 5.41) is 0.760. The largest absolute Gasteiger partial charge is 0.492 e. The Morgan fingerprint density at radius 3 is 2.68 bits per heavy atom. The normalized spacial score (nSPS) is 11.6. The minimum atomic E-state index is -0.342. The van der Waals surface area contributed by atoms with E-state index < -0.39 is 0 Å². The average Bonchev–Trinajstić information content (AvgIpc) is 3.22. The van der Waals surface area contributed by atoms with Crippen LogP contribution in [0.2, 0.25) is 0 Å². The first-order valence-corrected chi connectivity index (χ1v) is 11.7. The highest BCUT2D eigenvalue weighted by atomic mass is 32.1. The second-order valence-electron chi connectivity index (χ2n) is 7.57. The average molecular weight is 464 g/mol. The Hall–Kier alpha value is -4.21. The number of para-hydroxylation sites is 2. The molecule has 5 rings (SSSR count). The lowest BCUT2D eigenvalue weighted by atomic mass is 10.0. The van der Waals surface area contributed by atoms with E-state index in [-0.39, 0.29) is 12.5 Å². The smallest absolute Gasteiger partial charge is 0.280 e. The topological polar surface area (TPSA) is 56.5 Å². The van der Waals surface area contributed by atoms with E-state index in [1.54, 1.807) is 0 Å². The first kappa shape index (κ1) is 21.6. The molecule has 6 heteroatoms. The summed E-state index contributed by atoms with van der Waals surface area (Å²) in [4.78, 5) is 23.4. The third-order valence-corrected chi connectivity index (χ3v) is 6.47. The van der Waals surface area contributed by atoms with Crippen LogP contribution in [0.4, 0.5) is 0 Å². The monoisotopic (exact) mass is 463 g/mol. The molecule has 5 aromatic rings.